The van der Waals surface area contributed by atoms with E-state index in [4.69, 9.17) is 0 Å². The highest BCUT2D eigenvalue weighted by Gasteiger charge is 2.31. The van der Waals surface area contributed by atoms with Gasteiger partial charge in [0.2, 0.25) is 5.91 Å². The first-order valence-electron chi connectivity index (χ1n) is 9.66. The number of nitrogens with zero attached hydrogens (tertiary/aromatic N) is 6. The topological polar surface area (TPSA) is 79.2 Å². The molecule has 31 heavy (non-hydrogen) atoms. The predicted molar refractivity (Wildman–Crippen MR) is 108 cm³/mol. The Labute approximate surface area is 176 Å². The number of hydrogen-bond acceptors (Lipinski definition) is 6. The van der Waals surface area contributed by atoms with Gasteiger partial charge in [0.1, 0.15) is 6.33 Å². The van der Waals surface area contributed by atoms with Crippen LogP contribution in [0, 0.1) is 0 Å². The first-order chi connectivity index (χ1) is 14.9. The fraction of sp³-hybridized carbons (Fsp3) is 0.300. The van der Waals surface area contributed by atoms with Crippen molar-refractivity contribution in [2.24, 2.45) is 0 Å². The summed E-state index contributed by atoms with van der Waals surface area (Å²) in [4.78, 5) is 16.3. The van der Waals surface area contributed by atoms with Crippen LogP contribution in [0.3, 0.4) is 0 Å². The summed E-state index contributed by atoms with van der Waals surface area (Å²) in [6, 6.07) is 12.4. The quantitative estimate of drug-likeness (QED) is 0.669. The van der Waals surface area contributed by atoms with Crippen molar-refractivity contribution in [2.45, 2.75) is 6.18 Å². The van der Waals surface area contributed by atoms with Gasteiger partial charge in [0.25, 0.3) is 0 Å². The lowest BCUT2D eigenvalue weighted by Gasteiger charge is -2.36. The fourth-order valence-corrected chi connectivity index (χ4v) is 3.42. The zero-order valence-electron chi connectivity index (χ0n) is 16.5. The van der Waals surface area contributed by atoms with E-state index in [1.54, 1.807) is 30.3 Å². The number of aromatic nitrogens is 4. The Morgan fingerprint density at radius 2 is 1.74 bits per heavy atom. The van der Waals surface area contributed by atoms with Crippen molar-refractivity contribution in [3.8, 4) is 5.69 Å². The van der Waals surface area contributed by atoms with Gasteiger partial charge in [0, 0.05) is 37.6 Å². The van der Waals surface area contributed by atoms with E-state index >= 15 is 0 Å². The Morgan fingerprint density at radius 3 is 2.39 bits per heavy atom. The minimum Gasteiger partial charge on any atom is -0.369 e. The maximum atomic E-state index is 12.9. The number of nitrogens with one attached hydrogen (secondary N) is 1. The third kappa shape index (κ3) is 5.18. The number of carbonyl (C=O) groups is 1. The molecule has 0 aliphatic carbocycles. The molecule has 4 rings (SSSR count). The number of rotatable bonds is 5. The van der Waals surface area contributed by atoms with Gasteiger partial charge >= 0.3 is 6.18 Å². The summed E-state index contributed by atoms with van der Waals surface area (Å²) in [6.45, 7) is 2.49. The largest absolute Gasteiger partial charge is 0.416 e. The van der Waals surface area contributed by atoms with Gasteiger partial charge in [-0.1, -0.05) is 6.07 Å². The van der Waals surface area contributed by atoms with E-state index in [2.05, 4.69) is 20.8 Å². The van der Waals surface area contributed by atoms with Crippen molar-refractivity contribution in [1.82, 2.24) is 25.1 Å². The van der Waals surface area contributed by atoms with Gasteiger partial charge < -0.3 is 10.2 Å². The molecule has 11 heteroatoms. The van der Waals surface area contributed by atoms with Crippen LogP contribution in [0.2, 0.25) is 0 Å². The Morgan fingerprint density at radius 1 is 1.00 bits per heavy atom. The molecule has 1 aliphatic rings. The van der Waals surface area contributed by atoms with Gasteiger partial charge in [-0.25, -0.2) is 4.68 Å². The Bertz CT molecular complexity index is 1010. The molecular weight excluding hydrogens is 411 g/mol. The second kappa shape index (κ2) is 8.72. The fourth-order valence-electron chi connectivity index (χ4n) is 3.42. The number of amides is 1. The highest BCUT2D eigenvalue weighted by molar-refractivity contribution is 5.92. The molecule has 0 unspecified atom stereocenters. The minimum absolute atomic E-state index is 0.150. The van der Waals surface area contributed by atoms with E-state index in [0.717, 1.165) is 11.8 Å². The summed E-state index contributed by atoms with van der Waals surface area (Å²) < 4.78 is 40.3. The van der Waals surface area contributed by atoms with Crippen molar-refractivity contribution in [3.63, 3.8) is 0 Å². The third-order valence-corrected chi connectivity index (χ3v) is 5.04. The van der Waals surface area contributed by atoms with E-state index < -0.39 is 11.7 Å². The van der Waals surface area contributed by atoms with Gasteiger partial charge in [-0.3, -0.25) is 9.69 Å². The molecule has 1 amide bonds. The number of anilines is 2. The summed E-state index contributed by atoms with van der Waals surface area (Å²) in [7, 11) is 0. The van der Waals surface area contributed by atoms with Crippen molar-refractivity contribution in [1.29, 1.82) is 0 Å². The van der Waals surface area contributed by atoms with Crippen LogP contribution < -0.4 is 10.2 Å². The predicted octanol–water partition coefficient (Wildman–Crippen LogP) is 2.44. The van der Waals surface area contributed by atoms with Gasteiger partial charge in [0.15, 0.2) is 0 Å². The molecule has 1 saturated heterocycles. The minimum atomic E-state index is -4.36. The smallest absolute Gasteiger partial charge is 0.369 e. The zero-order valence-corrected chi connectivity index (χ0v) is 16.5. The van der Waals surface area contributed by atoms with Crippen LogP contribution in [0.15, 0.2) is 54.9 Å². The number of tetrazole rings is 1. The average molecular weight is 431 g/mol. The Kier molecular flexibility index (Phi) is 5.85. The van der Waals surface area contributed by atoms with Crippen LogP contribution in [0.25, 0.3) is 5.69 Å². The summed E-state index contributed by atoms with van der Waals surface area (Å²) in [5.74, 6) is -0.150. The number of hydrogen-bond donors (Lipinski definition) is 1. The maximum Gasteiger partial charge on any atom is 0.416 e. The zero-order chi connectivity index (χ0) is 21.8. The molecule has 2 aromatic carbocycles. The van der Waals surface area contributed by atoms with Gasteiger partial charge in [0.05, 0.1) is 17.8 Å². The number of alkyl halides is 3. The number of halogens is 3. The van der Waals surface area contributed by atoms with Crippen LogP contribution in [-0.4, -0.2) is 63.7 Å². The number of carbonyl (C=O) groups excluding carboxylic acids is 1. The molecule has 0 radical (unpaired) electrons. The molecule has 0 saturated carbocycles. The second-order valence-corrected chi connectivity index (χ2v) is 7.16. The van der Waals surface area contributed by atoms with Crippen molar-refractivity contribution < 1.29 is 18.0 Å². The van der Waals surface area contributed by atoms with Crippen LogP contribution >= 0.6 is 0 Å². The molecular formula is C20H20F3N7O. The summed E-state index contributed by atoms with van der Waals surface area (Å²) >= 11 is 0. The summed E-state index contributed by atoms with van der Waals surface area (Å²) in [5, 5.41) is 13.8. The lowest BCUT2D eigenvalue weighted by molar-refractivity contribution is -0.137. The van der Waals surface area contributed by atoms with E-state index in [1.165, 1.54) is 23.1 Å². The highest BCUT2D eigenvalue weighted by atomic mass is 19.4. The van der Waals surface area contributed by atoms with Gasteiger partial charge in [-0.15, -0.1) is 5.10 Å². The van der Waals surface area contributed by atoms with Crippen LogP contribution in [0.1, 0.15) is 5.56 Å². The van der Waals surface area contributed by atoms with E-state index in [9.17, 15) is 18.0 Å². The summed E-state index contributed by atoms with van der Waals surface area (Å²) in [5.41, 5.74) is 1.32. The molecule has 0 spiro atoms. The Hall–Kier alpha value is -3.47. The van der Waals surface area contributed by atoms with E-state index in [1.807, 2.05) is 9.80 Å². The standard InChI is InChI=1S/C20H20F3N7O/c21-20(22,23)15-2-1-3-18(12-15)29-10-8-28(9-11-29)13-19(31)25-16-4-6-17(7-5-16)30-14-24-26-27-30/h1-7,12,14H,8-11,13H2,(H,25,31). The van der Waals surface area contributed by atoms with E-state index in [0.29, 0.717) is 37.6 Å². The molecule has 1 aliphatic heterocycles. The maximum absolute atomic E-state index is 12.9. The van der Waals surface area contributed by atoms with Gasteiger partial charge in [-0.2, -0.15) is 13.2 Å². The Balaban J connectivity index is 1.27. The molecule has 8 nitrogen and oxygen atoms in total. The highest BCUT2D eigenvalue weighted by Crippen LogP contribution is 2.31. The van der Waals surface area contributed by atoms with Crippen molar-refractivity contribution >= 4 is 17.3 Å². The van der Waals surface area contributed by atoms with Gasteiger partial charge in [-0.05, 0) is 52.9 Å². The van der Waals surface area contributed by atoms with E-state index in [-0.39, 0.29) is 12.5 Å². The molecule has 162 valence electrons. The molecule has 3 aromatic rings. The number of piperazine rings is 1. The second-order valence-electron chi connectivity index (χ2n) is 7.16. The molecule has 0 atom stereocenters. The summed E-state index contributed by atoms with van der Waals surface area (Å²) in [6.07, 6.45) is -2.88. The van der Waals surface area contributed by atoms with Crippen molar-refractivity contribution in [3.05, 3.63) is 60.4 Å². The average Bonchev–Trinajstić information content (AvgIpc) is 3.29. The molecule has 1 fully saturated rings. The monoisotopic (exact) mass is 431 g/mol. The molecule has 1 aromatic heterocycles. The molecule has 1 N–H and O–H groups in total. The molecule has 0 bridgehead atoms. The normalized spacial score (nSPS) is 15.1. The SMILES string of the molecule is O=C(CN1CCN(c2cccc(C(F)(F)F)c2)CC1)Nc1ccc(-n2cnnn2)cc1. The third-order valence-electron chi connectivity index (χ3n) is 5.04. The lowest BCUT2D eigenvalue weighted by atomic mass is 10.1. The lowest BCUT2D eigenvalue weighted by Crippen LogP contribution is -2.48. The van der Waals surface area contributed by atoms with Crippen LogP contribution in [0.5, 0.6) is 0 Å². The number of benzene rings is 2. The van der Waals surface area contributed by atoms with Crippen LogP contribution in [0.4, 0.5) is 24.5 Å². The first kappa shape index (κ1) is 20.8. The molecule has 2 heterocycles. The van der Waals surface area contributed by atoms with Crippen LogP contribution in [-0.2, 0) is 11.0 Å². The first-order valence-corrected chi connectivity index (χ1v) is 9.66. The van der Waals surface area contributed by atoms with Crippen molar-refractivity contribution in [2.75, 3.05) is 42.9 Å².